The summed E-state index contributed by atoms with van der Waals surface area (Å²) in [6.07, 6.45) is 0. The zero-order valence-electron chi connectivity index (χ0n) is 15.4. The average Bonchev–Trinajstić information content (AvgIpc) is 3.24. The van der Waals surface area contributed by atoms with E-state index < -0.39 is 29.0 Å². The maximum absolute atomic E-state index is 14.1. The Kier molecular flexibility index (Phi) is 5.00. The van der Waals surface area contributed by atoms with Crippen molar-refractivity contribution in [3.63, 3.8) is 0 Å². The highest BCUT2D eigenvalue weighted by Gasteiger charge is 2.20. The van der Waals surface area contributed by atoms with E-state index in [1.165, 1.54) is 0 Å². The van der Waals surface area contributed by atoms with Gasteiger partial charge in [-0.2, -0.15) is 5.10 Å². The summed E-state index contributed by atoms with van der Waals surface area (Å²) in [7, 11) is 0. The highest BCUT2D eigenvalue weighted by atomic mass is 35.5. The molecule has 0 fully saturated rings. The average molecular weight is 447 g/mol. The number of nitrogens with zero attached hydrogens (tertiary/aromatic N) is 2. The molecule has 0 aliphatic heterocycles. The van der Waals surface area contributed by atoms with Gasteiger partial charge in [0, 0.05) is 16.5 Å². The lowest BCUT2D eigenvalue weighted by molar-refractivity contribution is 0.0992. The van der Waals surface area contributed by atoms with Gasteiger partial charge in [-0.1, -0.05) is 17.7 Å². The SMILES string of the molecule is Cc1nn(-c2cccc(Cl)c2)c2sc(C(=O)Nc3cc(C(N)=O)c(F)cc3F)cc12. The minimum atomic E-state index is -1.10. The van der Waals surface area contributed by atoms with Gasteiger partial charge in [-0.3, -0.25) is 9.59 Å². The zero-order valence-corrected chi connectivity index (χ0v) is 16.9. The minimum absolute atomic E-state index is 0.283. The van der Waals surface area contributed by atoms with E-state index in [0.29, 0.717) is 21.6 Å². The number of thiophene rings is 1. The molecule has 4 rings (SSSR count). The Balaban J connectivity index is 1.71. The molecule has 0 aliphatic rings. The maximum Gasteiger partial charge on any atom is 0.265 e. The van der Waals surface area contributed by atoms with Crippen molar-refractivity contribution in [3.8, 4) is 5.69 Å². The number of primary amides is 1. The molecule has 0 radical (unpaired) electrons. The molecule has 0 aliphatic carbocycles. The second-order valence-electron chi connectivity index (χ2n) is 6.44. The number of aromatic nitrogens is 2. The van der Waals surface area contributed by atoms with Gasteiger partial charge in [0.1, 0.15) is 16.5 Å². The van der Waals surface area contributed by atoms with Crippen molar-refractivity contribution in [1.82, 2.24) is 9.78 Å². The van der Waals surface area contributed by atoms with Gasteiger partial charge in [0.25, 0.3) is 11.8 Å². The number of carbonyl (C=O) groups is 2. The second kappa shape index (κ2) is 7.51. The molecule has 2 heterocycles. The zero-order chi connectivity index (χ0) is 21.6. The monoisotopic (exact) mass is 446 g/mol. The van der Waals surface area contributed by atoms with Crippen LogP contribution in [0, 0.1) is 18.6 Å². The van der Waals surface area contributed by atoms with E-state index in [0.717, 1.165) is 28.5 Å². The van der Waals surface area contributed by atoms with E-state index in [9.17, 15) is 18.4 Å². The van der Waals surface area contributed by atoms with Crippen LogP contribution in [0.15, 0.2) is 42.5 Å². The number of halogens is 3. The number of carbonyl (C=O) groups excluding carboxylic acids is 2. The molecule has 0 bridgehead atoms. The summed E-state index contributed by atoms with van der Waals surface area (Å²) in [6.45, 7) is 1.80. The van der Waals surface area contributed by atoms with Crippen LogP contribution < -0.4 is 11.1 Å². The van der Waals surface area contributed by atoms with E-state index in [2.05, 4.69) is 10.4 Å². The summed E-state index contributed by atoms with van der Waals surface area (Å²) in [6, 6.07) is 10.1. The molecule has 10 heteroatoms. The molecule has 6 nitrogen and oxygen atoms in total. The van der Waals surface area contributed by atoms with E-state index in [1.807, 2.05) is 6.07 Å². The first-order valence-electron chi connectivity index (χ1n) is 8.60. The molecule has 3 N–H and O–H groups in total. The van der Waals surface area contributed by atoms with Crippen molar-refractivity contribution in [3.05, 3.63) is 75.3 Å². The van der Waals surface area contributed by atoms with Crippen LogP contribution in [-0.2, 0) is 0 Å². The fourth-order valence-electron chi connectivity index (χ4n) is 2.96. The van der Waals surface area contributed by atoms with Crippen LogP contribution >= 0.6 is 22.9 Å². The Hall–Kier alpha value is -3.30. The number of nitrogens with two attached hydrogens (primary N) is 1. The molecule has 0 spiro atoms. The minimum Gasteiger partial charge on any atom is -0.366 e. The molecule has 0 atom stereocenters. The number of aryl methyl sites for hydroxylation is 1. The summed E-state index contributed by atoms with van der Waals surface area (Å²) in [5, 5.41) is 8.14. The smallest absolute Gasteiger partial charge is 0.265 e. The number of benzene rings is 2. The van der Waals surface area contributed by atoms with Crippen molar-refractivity contribution in [2.45, 2.75) is 6.92 Å². The Bertz CT molecular complexity index is 1330. The Morgan fingerprint density at radius 2 is 1.93 bits per heavy atom. The lowest BCUT2D eigenvalue weighted by atomic mass is 10.1. The molecule has 2 amide bonds. The van der Waals surface area contributed by atoms with Gasteiger partial charge in [0.2, 0.25) is 0 Å². The third kappa shape index (κ3) is 3.53. The molecular formula is C20H13ClF2N4O2S. The number of hydrogen-bond donors (Lipinski definition) is 2. The van der Waals surface area contributed by atoms with Crippen LogP contribution in [0.1, 0.15) is 25.7 Å². The first kappa shape index (κ1) is 20.0. The summed E-state index contributed by atoms with van der Waals surface area (Å²) < 4.78 is 29.4. The number of fused-ring (bicyclic) bond motifs is 1. The van der Waals surface area contributed by atoms with E-state index >= 15 is 0 Å². The molecule has 2 aromatic carbocycles. The standard InChI is InChI=1S/C20H13ClF2N4O2S/c1-9-12-7-17(30-20(12)27(26-9)11-4-2-3-10(21)5-11)19(29)25-16-6-13(18(24)28)14(22)8-15(16)23/h2-8H,1H3,(H2,24,28)(H,25,29). The van der Waals surface area contributed by atoms with Gasteiger partial charge < -0.3 is 11.1 Å². The first-order valence-corrected chi connectivity index (χ1v) is 9.79. The lowest BCUT2D eigenvalue weighted by Crippen LogP contribution is -2.16. The van der Waals surface area contributed by atoms with Crippen molar-refractivity contribution < 1.29 is 18.4 Å². The molecule has 2 aromatic heterocycles. The van der Waals surface area contributed by atoms with Gasteiger partial charge in [-0.15, -0.1) is 11.3 Å². The number of rotatable bonds is 4. The molecule has 0 saturated heterocycles. The maximum atomic E-state index is 14.1. The van der Waals surface area contributed by atoms with Gasteiger partial charge >= 0.3 is 0 Å². The quantitative estimate of drug-likeness (QED) is 0.477. The first-order chi connectivity index (χ1) is 14.2. The summed E-state index contributed by atoms with van der Waals surface area (Å²) in [5.41, 5.74) is 5.64. The van der Waals surface area contributed by atoms with Gasteiger partial charge in [0.05, 0.1) is 27.5 Å². The molecule has 0 unspecified atom stereocenters. The molecule has 30 heavy (non-hydrogen) atoms. The molecule has 152 valence electrons. The highest BCUT2D eigenvalue weighted by molar-refractivity contribution is 7.20. The largest absolute Gasteiger partial charge is 0.366 e. The highest BCUT2D eigenvalue weighted by Crippen LogP contribution is 2.31. The Morgan fingerprint density at radius 1 is 1.17 bits per heavy atom. The topological polar surface area (TPSA) is 90.0 Å². The number of anilines is 1. The summed E-state index contributed by atoms with van der Waals surface area (Å²) in [4.78, 5) is 25.0. The van der Waals surface area contributed by atoms with Crippen LogP contribution in [0.4, 0.5) is 14.5 Å². The Morgan fingerprint density at radius 3 is 2.63 bits per heavy atom. The third-order valence-electron chi connectivity index (χ3n) is 4.39. The fourth-order valence-corrected chi connectivity index (χ4v) is 4.22. The van der Waals surface area contributed by atoms with Gasteiger partial charge in [0.15, 0.2) is 0 Å². The van der Waals surface area contributed by atoms with Gasteiger partial charge in [-0.25, -0.2) is 13.5 Å². The van der Waals surface area contributed by atoms with Gasteiger partial charge in [-0.05, 0) is 37.3 Å². The van der Waals surface area contributed by atoms with Crippen molar-refractivity contribution in [2.24, 2.45) is 5.73 Å². The molecule has 0 saturated carbocycles. The predicted molar refractivity (Wildman–Crippen MR) is 112 cm³/mol. The summed E-state index contributed by atoms with van der Waals surface area (Å²) in [5.74, 6) is -3.80. The fraction of sp³-hybridized carbons (Fsp3) is 0.0500. The van der Waals surface area contributed by atoms with Crippen LogP contribution in [0.3, 0.4) is 0 Å². The number of amides is 2. The van der Waals surface area contributed by atoms with Crippen molar-refractivity contribution in [2.75, 3.05) is 5.32 Å². The lowest BCUT2D eigenvalue weighted by Gasteiger charge is -2.07. The van der Waals surface area contributed by atoms with E-state index in [-0.39, 0.29) is 10.6 Å². The summed E-state index contributed by atoms with van der Waals surface area (Å²) >= 11 is 7.21. The number of hydrogen-bond acceptors (Lipinski definition) is 4. The van der Waals surface area contributed by atoms with Crippen LogP contribution in [-0.4, -0.2) is 21.6 Å². The van der Waals surface area contributed by atoms with E-state index in [1.54, 1.807) is 35.9 Å². The van der Waals surface area contributed by atoms with Crippen LogP contribution in [0.25, 0.3) is 15.9 Å². The van der Waals surface area contributed by atoms with Crippen molar-refractivity contribution in [1.29, 1.82) is 0 Å². The Labute approximate surface area is 177 Å². The van der Waals surface area contributed by atoms with Crippen molar-refractivity contribution >= 4 is 50.7 Å². The molecular weight excluding hydrogens is 434 g/mol. The second-order valence-corrected chi connectivity index (χ2v) is 7.90. The number of nitrogens with one attached hydrogen (secondary N) is 1. The normalized spacial score (nSPS) is 11.1. The van der Waals surface area contributed by atoms with Crippen LogP contribution in [0.2, 0.25) is 5.02 Å². The third-order valence-corrected chi connectivity index (χ3v) is 5.74. The van der Waals surface area contributed by atoms with E-state index in [4.69, 9.17) is 17.3 Å². The van der Waals surface area contributed by atoms with Crippen LogP contribution in [0.5, 0.6) is 0 Å². The predicted octanol–water partition coefficient (Wildman–Crippen LogP) is 4.68. The molecule has 4 aromatic rings.